The Hall–Kier alpha value is -2.23. The second kappa shape index (κ2) is 4.74. The first-order valence-corrected chi connectivity index (χ1v) is 5.00. The number of hydrogen-bond acceptors (Lipinski definition) is 3. The minimum atomic E-state index is -0.491. The van der Waals surface area contributed by atoms with Crippen molar-refractivity contribution in [1.29, 1.82) is 0 Å². The Bertz CT molecular complexity index is 540. The molecule has 0 aliphatic carbocycles. The van der Waals surface area contributed by atoms with Gasteiger partial charge in [-0.25, -0.2) is 9.18 Å². The number of pyridine rings is 1. The molecule has 0 fully saturated rings. The van der Waals surface area contributed by atoms with E-state index >= 15 is 0 Å². The molecule has 86 valence electrons. The number of methoxy groups -OCH3 is 1. The molecule has 0 atom stereocenters. The van der Waals surface area contributed by atoms with Gasteiger partial charge in [0.2, 0.25) is 0 Å². The number of nitrogens with zero attached hydrogens (tertiary/aromatic N) is 1. The molecule has 1 aromatic carbocycles. The molecule has 17 heavy (non-hydrogen) atoms. The molecule has 2 aromatic rings. The predicted octanol–water partition coefficient (Wildman–Crippen LogP) is 2.67. The van der Waals surface area contributed by atoms with Gasteiger partial charge < -0.3 is 4.74 Å². The van der Waals surface area contributed by atoms with Crippen molar-refractivity contribution in [2.24, 2.45) is 0 Å². The second-order valence-electron chi connectivity index (χ2n) is 3.43. The zero-order valence-corrected chi connectivity index (χ0v) is 9.18. The van der Waals surface area contributed by atoms with E-state index in [4.69, 9.17) is 0 Å². The molecule has 0 spiro atoms. The highest BCUT2D eigenvalue weighted by atomic mass is 19.1. The highest BCUT2D eigenvalue weighted by Gasteiger charge is 2.11. The van der Waals surface area contributed by atoms with Gasteiger partial charge >= 0.3 is 5.97 Å². The van der Waals surface area contributed by atoms with Gasteiger partial charge in [0, 0.05) is 23.5 Å². The van der Waals surface area contributed by atoms with Crippen LogP contribution in [0.25, 0.3) is 11.1 Å². The van der Waals surface area contributed by atoms with Crippen LogP contribution in [0.3, 0.4) is 0 Å². The van der Waals surface area contributed by atoms with Gasteiger partial charge in [0.1, 0.15) is 5.82 Å². The van der Waals surface area contributed by atoms with E-state index in [9.17, 15) is 9.18 Å². The highest BCUT2D eigenvalue weighted by Crippen LogP contribution is 2.23. The van der Waals surface area contributed by atoms with Crippen molar-refractivity contribution in [2.75, 3.05) is 7.11 Å². The van der Waals surface area contributed by atoms with Crippen LogP contribution in [-0.2, 0) is 4.74 Å². The van der Waals surface area contributed by atoms with E-state index in [0.717, 1.165) is 0 Å². The second-order valence-corrected chi connectivity index (χ2v) is 3.43. The van der Waals surface area contributed by atoms with E-state index < -0.39 is 11.8 Å². The van der Waals surface area contributed by atoms with E-state index in [1.807, 2.05) is 0 Å². The molecule has 0 aliphatic rings. The lowest BCUT2D eigenvalue weighted by Gasteiger charge is -2.05. The number of benzene rings is 1. The number of carbonyl (C=O) groups is 1. The smallest absolute Gasteiger partial charge is 0.337 e. The monoisotopic (exact) mass is 231 g/mol. The van der Waals surface area contributed by atoms with Gasteiger partial charge in [0.15, 0.2) is 0 Å². The van der Waals surface area contributed by atoms with E-state index in [1.165, 1.54) is 25.3 Å². The Balaban J connectivity index is 2.50. The Labute approximate surface area is 97.9 Å². The standard InChI is InChI=1S/C13H10FNO2/c1-17-13(16)9-4-5-12(14)11(7-9)10-3-2-6-15-8-10/h2-8H,1H3. The lowest BCUT2D eigenvalue weighted by molar-refractivity contribution is 0.0600. The van der Waals surface area contributed by atoms with Crippen molar-refractivity contribution in [3.05, 3.63) is 54.1 Å². The zero-order chi connectivity index (χ0) is 12.3. The molecular weight excluding hydrogens is 221 g/mol. The minimum absolute atomic E-state index is 0.313. The summed E-state index contributed by atoms with van der Waals surface area (Å²) in [5.41, 5.74) is 1.27. The Morgan fingerprint density at radius 2 is 2.18 bits per heavy atom. The lowest BCUT2D eigenvalue weighted by Crippen LogP contribution is -2.01. The molecule has 4 heteroatoms. The maximum atomic E-state index is 13.6. The van der Waals surface area contributed by atoms with Crippen molar-refractivity contribution >= 4 is 5.97 Å². The topological polar surface area (TPSA) is 39.2 Å². The minimum Gasteiger partial charge on any atom is -0.465 e. The van der Waals surface area contributed by atoms with Crippen LogP contribution in [0.2, 0.25) is 0 Å². The summed E-state index contributed by atoms with van der Waals surface area (Å²) >= 11 is 0. The molecule has 0 bridgehead atoms. The highest BCUT2D eigenvalue weighted by molar-refractivity contribution is 5.91. The van der Waals surface area contributed by atoms with Crippen LogP contribution in [0.15, 0.2) is 42.7 Å². The van der Waals surface area contributed by atoms with Crippen molar-refractivity contribution in [3.63, 3.8) is 0 Å². The number of aromatic nitrogens is 1. The van der Waals surface area contributed by atoms with Gasteiger partial charge in [-0.1, -0.05) is 6.07 Å². The number of esters is 1. The van der Waals surface area contributed by atoms with Crippen LogP contribution in [-0.4, -0.2) is 18.1 Å². The Morgan fingerprint density at radius 1 is 1.35 bits per heavy atom. The van der Waals surface area contributed by atoms with Crippen molar-refractivity contribution < 1.29 is 13.9 Å². The van der Waals surface area contributed by atoms with Gasteiger partial charge in [-0.3, -0.25) is 4.98 Å². The summed E-state index contributed by atoms with van der Waals surface area (Å²) < 4.78 is 18.2. The molecule has 0 aliphatic heterocycles. The summed E-state index contributed by atoms with van der Waals surface area (Å²) in [7, 11) is 1.29. The van der Waals surface area contributed by atoms with Crippen molar-refractivity contribution in [2.45, 2.75) is 0 Å². The Morgan fingerprint density at radius 3 is 2.82 bits per heavy atom. The summed E-state index contributed by atoms with van der Waals surface area (Å²) in [6.07, 6.45) is 3.14. The number of carbonyl (C=O) groups excluding carboxylic acids is 1. The van der Waals surface area contributed by atoms with Gasteiger partial charge in [0.25, 0.3) is 0 Å². The summed E-state index contributed by atoms with van der Waals surface area (Å²) in [6.45, 7) is 0. The third kappa shape index (κ3) is 2.30. The van der Waals surface area contributed by atoms with Gasteiger partial charge in [-0.05, 0) is 24.3 Å². The average Bonchev–Trinajstić information content (AvgIpc) is 2.39. The predicted molar refractivity (Wildman–Crippen MR) is 61.0 cm³/mol. The van der Waals surface area contributed by atoms with Gasteiger partial charge in [-0.2, -0.15) is 0 Å². The molecule has 0 radical (unpaired) electrons. The summed E-state index contributed by atoms with van der Waals surface area (Å²) in [6, 6.07) is 7.53. The lowest BCUT2D eigenvalue weighted by atomic mass is 10.0. The van der Waals surface area contributed by atoms with E-state index in [1.54, 1.807) is 24.5 Å². The largest absolute Gasteiger partial charge is 0.465 e. The van der Waals surface area contributed by atoms with Crippen LogP contribution >= 0.6 is 0 Å². The summed E-state index contributed by atoms with van der Waals surface area (Å²) in [4.78, 5) is 15.3. The molecule has 0 unspecified atom stereocenters. The first-order valence-electron chi connectivity index (χ1n) is 5.00. The van der Waals surface area contributed by atoms with E-state index in [-0.39, 0.29) is 0 Å². The van der Waals surface area contributed by atoms with Gasteiger partial charge in [0.05, 0.1) is 12.7 Å². The van der Waals surface area contributed by atoms with Crippen LogP contribution in [0, 0.1) is 5.82 Å². The number of rotatable bonds is 2. The maximum absolute atomic E-state index is 13.6. The SMILES string of the molecule is COC(=O)c1ccc(F)c(-c2cccnc2)c1. The molecule has 1 heterocycles. The average molecular weight is 231 g/mol. The number of hydrogen-bond donors (Lipinski definition) is 0. The van der Waals surface area contributed by atoms with E-state index in [2.05, 4.69) is 9.72 Å². The molecule has 2 rings (SSSR count). The third-order valence-electron chi connectivity index (χ3n) is 2.36. The zero-order valence-electron chi connectivity index (χ0n) is 9.18. The number of ether oxygens (including phenoxy) is 1. The van der Waals surface area contributed by atoms with Crippen LogP contribution in [0.5, 0.6) is 0 Å². The fourth-order valence-electron chi connectivity index (χ4n) is 1.51. The molecule has 1 aromatic heterocycles. The normalized spacial score (nSPS) is 10.0. The molecule has 0 N–H and O–H groups in total. The van der Waals surface area contributed by atoms with Crippen LogP contribution in [0.4, 0.5) is 4.39 Å². The summed E-state index contributed by atoms with van der Waals surface area (Å²) in [5, 5.41) is 0. The van der Waals surface area contributed by atoms with Crippen LogP contribution in [0.1, 0.15) is 10.4 Å². The third-order valence-corrected chi connectivity index (χ3v) is 2.36. The molecule has 0 saturated heterocycles. The quantitative estimate of drug-likeness (QED) is 0.746. The first-order chi connectivity index (χ1) is 8.22. The molecule has 0 amide bonds. The fraction of sp³-hybridized carbons (Fsp3) is 0.0769. The van der Waals surface area contributed by atoms with Crippen molar-refractivity contribution in [3.8, 4) is 11.1 Å². The molecular formula is C13H10FNO2. The maximum Gasteiger partial charge on any atom is 0.337 e. The van der Waals surface area contributed by atoms with Gasteiger partial charge in [-0.15, -0.1) is 0 Å². The first kappa shape index (κ1) is 11.3. The Kier molecular flexibility index (Phi) is 3.14. The summed E-state index contributed by atoms with van der Waals surface area (Å²) in [5.74, 6) is -0.888. The van der Waals surface area contributed by atoms with E-state index in [0.29, 0.717) is 16.7 Å². The van der Waals surface area contributed by atoms with Crippen LogP contribution < -0.4 is 0 Å². The molecule has 0 saturated carbocycles. The fourth-order valence-corrected chi connectivity index (χ4v) is 1.51. The van der Waals surface area contributed by atoms with Crippen molar-refractivity contribution in [1.82, 2.24) is 4.98 Å². The molecule has 3 nitrogen and oxygen atoms in total. The number of halogens is 1.